The molecular weight excluding hydrogens is 380 g/mol. The molecule has 4 rings (SSSR count). The summed E-state index contributed by atoms with van der Waals surface area (Å²) in [6.45, 7) is 9.11. The molecule has 0 amide bonds. The van der Waals surface area contributed by atoms with E-state index in [1.54, 1.807) is 12.5 Å². The van der Waals surface area contributed by atoms with E-state index in [-0.39, 0.29) is 12.1 Å². The highest BCUT2D eigenvalue weighted by atomic mass is 16.5. The van der Waals surface area contributed by atoms with Gasteiger partial charge in [-0.25, -0.2) is 0 Å². The predicted octanol–water partition coefficient (Wildman–Crippen LogP) is 8.25. The number of hydrogen-bond acceptors (Lipinski definition) is 2. The van der Waals surface area contributed by atoms with E-state index in [0.717, 1.165) is 36.5 Å². The molecule has 176 valence electrons. The van der Waals surface area contributed by atoms with Gasteiger partial charge in [-0.05, 0) is 85.9 Å². The van der Waals surface area contributed by atoms with Gasteiger partial charge in [0.2, 0.25) is 0 Å². The molecule has 31 heavy (non-hydrogen) atoms. The normalized spacial score (nSPS) is 41.7. The van der Waals surface area contributed by atoms with Crippen LogP contribution in [0.5, 0.6) is 0 Å². The van der Waals surface area contributed by atoms with E-state index in [1.165, 1.54) is 83.5 Å². The fourth-order valence-electron chi connectivity index (χ4n) is 8.72. The summed E-state index contributed by atoms with van der Waals surface area (Å²) in [6.07, 6.45) is 23.2. The SMILES string of the molecule is CCCCCCCC[C@H]1CC[C@H]2[C@@H]3CC=C4C[C@@H](OC(C)=O)CC[C@]4(C)[C@H]3CC[C@]12C. The minimum absolute atomic E-state index is 0.112. The van der Waals surface area contributed by atoms with E-state index in [2.05, 4.69) is 26.8 Å². The largest absolute Gasteiger partial charge is 0.462 e. The first-order valence-corrected chi connectivity index (χ1v) is 13.7. The van der Waals surface area contributed by atoms with E-state index in [9.17, 15) is 4.79 Å². The van der Waals surface area contributed by atoms with Crippen LogP contribution in [-0.4, -0.2) is 12.1 Å². The molecule has 4 aliphatic rings. The second-order valence-corrected chi connectivity index (χ2v) is 12.1. The first kappa shape index (κ1) is 23.4. The van der Waals surface area contributed by atoms with Crippen LogP contribution in [0.3, 0.4) is 0 Å². The quantitative estimate of drug-likeness (QED) is 0.221. The second kappa shape index (κ2) is 9.60. The number of carbonyl (C=O) groups excluding carboxylic acids is 1. The Labute approximate surface area is 192 Å². The van der Waals surface area contributed by atoms with Gasteiger partial charge in [0.15, 0.2) is 0 Å². The third-order valence-electron chi connectivity index (χ3n) is 10.5. The van der Waals surface area contributed by atoms with Crippen LogP contribution in [0, 0.1) is 34.5 Å². The monoisotopic (exact) mass is 428 g/mol. The van der Waals surface area contributed by atoms with Gasteiger partial charge in [0, 0.05) is 13.3 Å². The van der Waals surface area contributed by atoms with Crippen molar-refractivity contribution in [1.29, 1.82) is 0 Å². The van der Waals surface area contributed by atoms with Crippen molar-refractivity contribution in [3.8, 4) is 0 Å². The fraction of sp³-hybridized carbons (Fsp3) is 0.897. The van der Waals surface area contributed by atoms with Gasteiger partial charge in [0.05, 0.1) is 0 Å². The topological polar surface area (TPSA) is 26.3 Å². The van der Waals surface area contributed by atoms with Gasteiger partial charge in [-0.1, -0.05) is 70.9 Å². The van der Waals surface area contributed by atoms with Crippen molar-refractivity contribution in [1.82, 2.24) is 0 Å². The molecule has 2 heteroatoms. The molecule has 0 aromatic carbocycles. The average molecular weight is 429 g/mol. The van der Waals surface area contributed by atoms with Crippen molar-refractivity contribution in [3.63, 3.8) is 0 Å². The van der Waals surface area contributed by atoms with Gasteiger partial charge in [0.1, 0.15) is 6.10 Å². The van der Waals surface area contributed by atoms with Crippen molar-refractivity contribution in [2.45, 2.75) is 130 Å². The number of rotatable bonds is 8. The molecule has 0 unspecified atom stereocenters. The summed E-state index contributed by atoms with van der Waals surface area (Å²) >= 11 is 0. The highest BCUT2D eigenvalue weighted by molar-refractivity contribution is 5.66. The number of fused-ring (bicyclic) bond motifs is 5. The van der Waals surface area contributed by atoms with E-state index in [0.29, 0.717) is 10.8 Å². The zero-order valence-electron chi connectivity index (χ0n) is 20.9. The lowest BCUT2D eigenvalue weighted by Crippen LogP contribution is -2.50. The van der Waals surface area contributed by atoms with Crippen molar-refractivity contribution >= 4 is 5.97 Å². The van der Waals surface area contributed by atoms with E-state index in [4.69, 9.17) is 4.74 Å². The van der Waals surface area contributed by atoms with E-state index >= 15 is 0 Å². The first-order valence-electron chi connectivity index (χ1n) is 13.7. The Hall–Kier alpha value is -0.790. The zero-order chi connectivity index (χ0) is 22.1. The Morgan fingerprint density at radius 2 is 1.77 bits per heavy atom. The Morgan fingerprint density at radius 1 is 1.00 bits per heavy atom. The molecule has 0 spiro atoms. The lowest BCUT2D eigenvalue weighted by atomic mass is 9.47. The zero-order valence-corrected chi connectivity index (χ0v) is 20.9. The molecule has 0 N–H and O–H groups in total. The predicted molar refractivity (Wildman–Crippen MR) is 129 cm³/mol. The molecule has 0 radical (unpaired) electrons. The highest BCUT2D eigenvalue weighted by Crippen LogP contribution is 2.66. The number of ether oxygens (including phenoxy) is 1. The Morgan fingerprint density at radius 3 is 2.55 bits per heavy atom. The molecule has 3 saturated carbocycles. The fourth-order valence-corrected chi connectivity index (χ4v) is 8.72. The summed E-state index contributed by atoms with van der Waals surface area (Å²) < 4.78 is 5.61. The average Bonchev–Trinajstić information content (AvgIpc) is 3.07. The van der Waals surface area contributed by atoms with Crippen LogP contribution in [0.1, 0.15) is 124 Å². The first-order chi connectivity index (χ1) is 14.9. The van der Waals surface area contributed by atoms with Crippen LogP contribution in [0.25, 0.3) is 0 Å². The maximum absolute atomic E-state index is 11.5. The summed E-state index contributed by atoms with van der Waals surface area (Å²) in [5, 5.41) is 0. The molecule has 0 heterocycles. The molecule has 0 bridgehead atoms. The van der Waals surface area contributed by atoms with E-state index < -0.39 is 0 Å². The molecular formula is C29H48O2. The van der Waals surface area contributed by atoms with Gasteiger partial charge in [0.25, 0.3) is 0 Å². The summed E-state index contributed by atoms with van der Waals surface area (Å²) in [7, 11) is 0. The third kappa shape index (κ3) is 4.51. The minimum Gasteiger partial charge on any atom is -0.462 e. The van der Waals surface area contributed by atoms with Crippen LogP contribution >= 0.6 is 0 Å². The molecule has 7 atom stereocenters. The summed E-state index contributed by atoms with van der Waals surface area (Å²) in [5.41, 5.74) is 2.58. The molecule has 0 saturated heterocycles. The van der Waals surface area contributed by atoms with Gasteiger partial charge in [-0.15, -0.1) is 0 Å². The van der Waals surface area contributed by atoms with Crippen molar-refractivity contribution in [2.24, 2.45) is 34.5 Å². The molecule has 3 fully saturated rings. The minimum atomic E-state index is -0.112. The summed E-state index contributed by atoms with van der Waals surface area (Å²) in [6, 6.07) is 0. The molecule has 0 aromatic heterocycles. The van der Waals surface area contributed by atoms with Gasteiger partial charge in [-0.2, -0.15) is 0 Å². The molecule has 0 aliphatic heterocycles. The Bertz CT molecular complexity index is 666. The Balaban J connectivity index is 1.39. The number of unbranched alkanes of at least 4 members (excludes halogenated alkanes) is 5. The number of allylic oxidation sites excluding steroid dienone is 1. The summed E-state index contributed by atoms with van der Waals surface area (Å²) in [4.78, 5) is 11.5. The van der Waals surface area contributed by atoms with Crippen molar-refractivity contribution in [3.05, 3.63) is 11.6 Å². The van der Waals surface area contributed by atoms with Crippen molar-refractivity contribution in [2.75, 3.05) is 0 Å². The maximum Gasteiger partial charge on any atom is 0.302 e. The van der Waals surface area contributed by atoms with Crippen LogP contribution in [0.4, 0.5) is 0 Å². The molecule has 2 nitrogen and oxygen atoms in total. The highest BCUT2D eigenvalue weighted by Gasteiger charge is 2.58. The number of esters is 1. The number of carbonyl (C=O) groups is 1. The third-order valence-corrected chi connectivity index (χ3v) is 10.5. The molecule has 4 aliphatic carbocycles. The van der Waals surface area contributed by atoms with Crippen LogP contribution < -0.4 is 0 Å². The number of hydrogen-bond donors (Lipinski definition) is 0. The van der Waals surface area contributed by atoms with Crippen LogP contribution in [-0.2, 0) is 9.53 Å². The van der Waals surface area contributed by atoms with Crippen LogP contribution in [0.15, 0.2) is 11.6 Å². The lowest BCUT2D eigenvalue weighted by molar-refractivity contribution is -0.148. The van der Waals surface area contributed by atoms with Crippen LogP contribution in [0.2, 0.25) is 0 Å². The maximum atomic E-state index is 11.5. The summed E-state index contributed by atoms with van der Waals surface area (Å²) in [5.74, 6) is 3.56. The second-order valence-electron chi connectivity index (χ2n) is 12.1. The standard InChI is InChI=1S/C29H48O2/c1-5-6-7-8-9-10-11-22-13-15-26-25-14-12-23-20-24(31-21(2)30)16-18-29(23,4)27(25)17-19-28(22,26)3/h12,22,24-27H,5-11,13-20H2,1-4H3/t22-,24-,25-,26-,27-,28+,29-/m0/s1. The van der Waals surface area contributed by atoms with Gasteiger partial charge in [-0.3, -0.25) is 4.79 Å². The molecule has 0 aromatic rings. The van der Waals surface area contributed by atoms with E-state index in [1.807, 2.05) is 0 Å². The smallest absolute Gasteiger partial charge is 0.302 e. The van der Waals surface area contributed by atoms with Gasteiger partial charge < -0.3 is 4.74 Å². The van der Waals surface area contributed by atoms with Crippen molar-refractivity contribution < 1.29 is 9.53 Å². The lowest BCUT2D eigenvalue weighted by Gasteiger charge is -2.58. The Kier molecular flexibility index (Phi) is 7.24. The van der Waals surface area contributed by atoms with Gasteiger partial charge >= 0.3 is 5.97 Å².